The fraction of sp³-hybridized carbons (Fsp3) is 0.333. The molecule has 0 unspecified atom stereocenters. The number of aromatic nitrogens is 2. The molecule has 2 aromatic heterocycles. The van der Waals surface area contributed by atoms with Gasteiger partial charge in [-0.1, -0.05) is 65.0 Å². The maximum Gasteiger partial charge on any atom is 0.0738 e. The molecule has 4 aromatic rings. The summed E-state index contributed by atoms with van der Waals surface area (Å²) in [6.45, 7) is 11.4. The van der Waals surface area contributed by atoms with Crippen molar-refractivity contribution in [1.29, 1.82) is 0 Å². The molecule has 32 heavy (non-hydrogen) atoms. The fourth-order valence-corrected chi connectivity index (χ4v) is 4.99. The van der Waals surface area contributed by atoms with Crippen LogP contribution < -0.4 is 0 Å². The van der Waals surface area contributed by atoms with Gasteiger partial charge in [0.05, 0.1) is 11.4 Å². The van der Waals surface area contributed by atoms with Crippen molar-refractivity contribution >= 4 is 10.8 Å². The molecular formula is C30H32N2. The van der Waals surface area contributed by atoms with Gasteiger partial charge in [0.15, 0.2) is 0 Å². The van der Waals surface area contributed by atoms with E-state index in [4.69, 9.17) is 9.97 Å². The van der Waals surface area contributed by atoms with Gasteiger partial charge in [-0.2, -0.15) is 0 Å². The molecule has 2 nitrogen and oxygen atoms in total. The van der Waals surface area contributed by atoms with Crippen LogP contribution >= 0.6 is 0 Å². The molecule has 0 fully saturated rings. The summed E-state index contributed by atoms with van der Waals surface area (Å²) < 4.78 is 0. The molecule has 0 spiro atoms. The lowest BCUT2D eigenvalue weighted by molar-refractivity contribution is 0.596. The number of hydrogen-bond acceptors (Lipinski definition) is 2. The summed E-state index contributed by atoms with van der Waals surface area (Å²) in [6, 6.07) is 17.9. The van der Waals surface area contributed by atoms with Crippen molar-refractivity contribution in [2.75, 3.05) is 0 Å². The Morgan fingerprint density at radius 3 is 2.44 bits per heavy atom. The monoisotopic (exact) mass is 420 g/mol. The molecule has 5 rings (SSSR count). The Labute approximate surface area is 191 Å². The van der Waals surface area contributed by atoms with Crippen LogP contribution in [-0.4, -0.2) is 9.97 Å². The molecule has 1 aliphatic carbocycles. The van der Waals surface area contributed by atoms with E-state index in [1.165, 1.54) is 44.2 Å². The highest BCUT2D eigenvalue weighted by molar-refractivity contribution is 5.91. The minimum Gasteiger partial charge on any atom is -0.256 e. The van der Waals surface area contributed by atoms with Crippen LogP contribution in [0.4, 0.5) is 0 Å². The summed E-state index contributed by atoms with van der Waals surface area (Å²) in [5.41, 5.74) is 10.1. The second-order valence-corrected chi connectivity index (χ2v) is 10.7. The Hall–Kier alpha value is -3.00. The van der Waals surface area contributed by atoms with Gasteiger partial charge >= 0.3 is 0 Å². The summed E-state index contributed by atoms with van der Waals surface area (Å²) in [5.74, 6) is 0.645. The molecule has 0 N–H and O–H groups in total. The Kier molecular flexibility index (Phi) is 5.12. The quantitative estimate of drug-likeness (QED) is 0.342. The van der Waals surface area contributed by atoms with Gasteiger partial charge in [0, 0.05) is 23.5 Å². The summed E-state index contributed by atoms with van der Waals surface area (Å²) >= 11 is 0. The van der Waals surface area contributed by atoms with Crippen LogP contribution in [0.2, 0.25) is 0 Å². The molecule has 2 aromatic carbocycles. The van der Waals surface area contributed by atoms with Crippen LogP contribution in [0.25, 0.3) is 33.3 Å². The third-order valence-electron chi connectivity index (χ3n) is 6.54. The first-order valence-electron chi connectivity index (χ1n) is 11.8. The van der Waals surface area contributed by atoms with E-state index >= 15 is 0 Å². The molecule has 0 atom stereocenters. The van der Waals surface area contributed by atoms with Crippen molar-refractivity contribution in [3.8, 4) is 22.5 Å². The molecule has 0 aliphatic heterocycles. The number of hydrogen-bond donors (Lipinski definition) is 0. The molecule has 2 heteroatoms. The van der Waals surface area contributed by atoms with Crippen LogP contribution in [-0.2, 0) is 24.7 Å². The number of aryl methyl sites for hydroxylation is 2. The van der Waals surface area contributed by atoms with E-state index in [1.807, 2.05) is 0 Å². The Balaban J connectivity index is 1.63. The highest BCUT2D eigenvalue weighted by atomic mass is 14.7. The molecule has 0 saturated heterocycles. The number of rotatable bonds is 3. The highest BCUT2D eigenvalue weighted by Crippen LogP contribution is 2.37. The van der Waals surface area contributed by atoms with Gasteiger partial charge < -0.3 is 0 Å². The van der Waals surface area contributed by atoms with Gasteiger partial charge in [-0.05, 0) is 81.8 Å². The average molecular weight is 421 g/mol. The van der Waals surface area contributed by atoms with Gasteiger partial charge in [-0.25, -0.2) is 0 Å². The molecular weight excluding hydrogens is 388 g/mol. The third kappa shape index (κ3) is 3.83. The van der Waals surface area contributed by atoms with Crippen molar-refractivity contribution in [3.05, 3.63) is 83.2 Å². The summed E-state index contributed by atoms with van der Waals surface area (Å²) in [6.07, 6.45) is 7.31. The molecule has 162 valence electrons. The highest BCUT2D eigenvalue weighted by Gasteiger charge is 2.21. The van der Waals surface area contributed by atoms with Crippen LogP contribution in [0.5, 0.6) is 0 Å². The third-order valence-corrected chi connectivity index (χ3v) is 6.54. The van der Waals surface area contributed by atoms with E-state index in [-0.39, 0.29) is 5.41 Å². The van der Waals surface area contributed by atoms with Gasteiger partial charge in [0.25, 0.3) is 0 Å². The molecule has 0 radical (unpaired) electrons. The average Bonchev–Trinajstić information content (AvgIpc) is 2.76. The van der Waals surface area contributed by atoms with Gasteiger partial charge in [0.2, 0.25) is 0 Å². The van der Waals surface area contributed by atoms with Crippen molar-refractivity contribution in [3.63, 3.8) is 0 Å². The van der Waals surface area contributed by atoms with Crippen molar-refractivity contribution in [1.82, 2.24) is 9.97 Å². The molecule has 0 saturated carbocycles. The number of pyridine rings is 2. The Bertz CT molecular complexity index is 1310. The lowest BCUT2D eigenvalue weighted by Gasteiger charge is -2.23. The number of nitrogens with zero attached hydrogens (tertiary/aromatic N) is 2. The zero-order valence-corrected chi connectivity index (χ0v) is 19.9. The lowest BCUT2D eigenvalue weighted by Crippen LogP contribution is -2.12. The van der Waals surface area contributed by atoms with Crippen LogP contribution in [0.1, 0.15) is 56.9 Å². The first kappa shape index (κ1) is 20.9. The van der Waals surface area contributed by atoms with E-state index in [1.54, 1.807) is 0 Å². The number of benzene rings is 2. The zero-order valence-electron chi connectivity index (χ0n) is 19.9. The van der Waals surface area contributed by atoms with E-state index < -0.39 is 0 Å². The predicted octanol–water partition coefficient (Wildman–Crippen LogP) is 7.56. The van der Waals surface area contributed by atoms with Gasteiger partial charge in [-0.15, -0.1) is 0 Å². The summed E-state index contributed by atoms with van der Waals surface area (Å²) in [4.78, 5) is 9.82. The van der Waals surface area contributed by atoms with Crippen molar-refractivity contribution < 1.29 is 0 Å². The molecule has 2 heterocycles. The standard InChI is InChI=1S/C30H32N2/c1-19(2)12-20-13-22-10-11-23-18-31-28(16-26(23)29(22)32-17-20)24-14-21-8-6-7-9-25(21)27(15-24)30(3,4)5/h6-9,13-19H,10-12H2,1-5H3. The van der Waals surface area contributed by atoms with E-state index in [0.717, 1.165) is 30.7 Å². The SMILES string of the molecule is CC(C)Cc1cnc2c(c1)CCc1cnc(-c3cc(C(C)(C)C)c4ccccc4c3)cc1-2. The second kappa shape index (κ2) is 7.85. The molecule has 0 amide bonds. The normalized spacial score (nSPS) is 13.3. The predicted molar refractivity (Wildman–Crippen MR) is 135 cm³/mol. The van der Waals surface area contributed by atoms with E-state index in [0.29, 0.717) is 5.92 Å². The number of fused-ring (bicyclic) bond motifs is 4. The molecule has 0 bridgehead atoms. The summed E-state index contributed by atoms with van der Waals surface area (Å²) in [7, 11) is 0. The largest absolute Gasteiger partial charge is 0.256 e. The molecule has 1 aliphatic rings. The maximum absolute atomic E-state index is 4.93. The van der Waals surface area contributed by atoms with Crippen molar-refractivity contribution in [2.45, 2.75) is 59.3 Å². The first-order valence-corrected chi connectivity index (χ1v) is 11.8. The van der Waals surface area contributed by atoms with Crippen molar-refractivity contribution in [2.24, 2.45) is 5.92 Å². The second-order valence-electron chi connectivity index (χ2n) is 10.7. The van der Waals surface area contributed by atoms with Gasteiger partial charge in [-0.3, -0.25) is 9.97 Å². The van der Waals surface area contributed by atoms with Crippen LogP contribution in [0, 0.1) is 5.92 Å². The maximum atomic E-state index is 4.93. The van der Waals surface area contributed by atoms with E-state index in [9.17, 15) is 0 Å². The Morgan fingerprint density at radius 1 is 0.875 bits per heavy atom. The smallest absolute Gasteiger partial charge is 0.0738 e. The summed E-state index contributed by atoms with van der Waals surface area (Å²) in [5, 5.41) is 2.60. The first-order chi connectivity index (χ1) is 15.3. The fourth-order valence-electron chi connectivity index (χ4n) is 4.99. The van der Waals surface area contributed by atoms with Crippen LogP contribution in [0.3, 0.4) is 0 Å². The zero-order chi connectivity index (χ0) is 22.5. The minimum atomic E-state index is 0.0603. The van der Waals surface area contributed by atoms with Crippen LogP contribution in [0.15, 0.2) is 60.9 Å². The van der Waals surface area contributed by atoms with Gasteiger partial charge in [0.1, 0.15) is 0 Å². The topological polar surface area (TPSA) is 25.8 Å². The van der Waals surface area contributed by atoms with E-state index in [2.05, 4.69) is 95.5 Å². The minimum absolute atomic E-state index is 0.0603. The lowest BCUT2D eigenvalue weighted by atomic mass is 9.82. The Morgan fingerprint density at radius 2 is 1.66 bits per heavy atom.